The Kier molecular flexibility index (Phi) is 7.61. The molecule has 1 heterocycles. The number of halogens is 1. The quantitative estimate of drug-likeness (QED) is 0.748. The highest BCUT2D eigenvalue weighted by Gasteiger charge is 2.26. The van der Waals surface area contributed by atoms with E-state index in [4.69, 9.17) is 0 Å². The summed E-state index contributed by atoms with van der Waals surface area (Å²) in [4.78, 5) is 0. The fraction of sp³-hybridized carbons (Fsp3) is 0.857. The molecule has 0 radical (unpaired) electrons. The Morgan fingerprint density at radius 3 is 2.21 bits per heavy atom. The van der Waals surface area contributed by atoms with Gasteiger partial charge in [0, 0.05) is 7.05 Å². The van der Waals surface area contributed by atoms with Crippen molar-refractivity contribution in [2.24, 2.45) is 13.0 Å². The SMILES string of the molecule is CCCNC(c1c(Br)nnn1C)C(CCC)CCC. The van der Waals surface area contributed by atoms with E-state index in [2.05, 4.69) is 52.3 Å². The van der Waals surface area contributed by atoms with Crippen molar-refractivity contribution < 1.29 is 0 Å². The predicted octanol–water partition coefficient (Wildman–Crippen LogP) is 3.83. The number of nitrogens with one attached hydrogen (secondary N) is 1. The normalized spacial score (nSPS) is 13.2. The molecular formula is C14H27BrN4. The fourth-order valence-electron chi connectivity index (χ4n) is 2.67. The van der Waals surface area contributed by atoms with Crippen LogP contribution < -0.4 is 5.32 Å². The van der Waals surface area contributed by atoms with Crippen LogP contribution in [0.4, 0.5) is 0 Å². The third kappa shape index (κ3) is 4.56. The van der Waals surface area contributed by atoms with Gasteiger partial charge in [0.05, 0.1) is 11.7 Å². The molecule has 19 heavy (non-hydrogen) atoms. The molecule has 0 aliphatic carbocycles. The van der Waals surface area contributed by atoms with Crippen molar-refractivity contribution in [2.45, 2.75) is 58.9 Å². The van der Waals surface area contributed by atoms with Gasteiger partial charge in [0.2, 0.25) is 0 Å². The minimum absolute atomic E-state index is 0.342. The summed E-state index contributed by atoms with van der Waals surface area (Å²) >= 11 is 3.55. The smallest absolute Gasteiger partial charge is 0.153 e. The highest BCUT2D eigenvalue weighted by atomic mass is 79.9. The Labute approximate surface area is 125 Å². The molecule has 1 aromatic heterocycles. The summed E-state index contributed by atoms with van der Waals surface area (Å²) in [5, 5.41) is 12.0. The molecule has 1 aromatic rings. The first kappa shape index (κ1) is 16.6. The van der Waals surface area contributed by atoms with Gasteiger partial charge in [-0.25, -0.2) is 4.68 Å². The van der Waals surface area contributed by atoms with Gasteiger partial charge in [-0.05, 0) is 47.7 Å². The molecule has 0 aromatic carbocycles. The molecule has 4 nitrogen and oxygen atoms in total. The van der Waals surface area contributed by atoms with Crippen molar-refractivity contribution in [3.63, 3.8) is 0 Å². The molecule has 1 unspecified atom stereocenters. The van der Waals surface area contributed by atoms with Crippen LogP contribution in [0, 0.1) is 5.92 Å². The van der Waals surface area contributed by atoms with Crippen LogP contribution in [0.15, 0.2) is 4.60 Å². The van der Waals surface area contributed by atoms with E-state index >= 15 is 0 Å². The summed E-state index contributed by atoms with van der Waals surface area (Å²) in [7, 11) is 1.97. The summed E-state index contributed by atoms with van der Waals surface area (Å²) in [5.74, 6) is 0.648. The summed E-state index contributed by atoms with van der Waals surface area (Å²) < 4.78 is 2.77. The van der Waals surface area contributed by atoms with Crippen molar-refractivity contribution >= 4 is 15.9 Å². The van der Waals surface area contributed by atoms with Gasteiger partial charge in [-0.3, -0.25) is 0 Å². The number of aryl methyl sites for hydroxylation is 1. The van der Waals surface area contributed by atoms with E-state index in [-0.39, 0.29) is 0 Å². The Morgan fingerprint density at radius 2 is 1.79 bits per heavy atom. The zero-order chi connectivity index (χ0) is 14.3. The van der Waals surface area contributed by atoms with Crippen LogP contribution >= 0.6 is 15.9 Å². The Balaban J connectivity index is 2.97. The third-order valence-electron chi connectivity index (χ3n) is 3.53. The van der Waals surface area contributed by atoms with E-state index in [1.54, 1.807) is 0 Å². The number of rotatable bonds is 9. The van der Waals surface area contributed by atoms with Crippen LogP contribution in [0.3, 0.4) is 0 Å². The van der Waals surface area contributed by atoms with Crippen LogP contribution in [-0.2, 0) is 7.05 Å². The minimum atomic E-state index is 0.342. The number of nitrogens with zero attached hydrogens (tertiary/aromatic N) is 3. The Bertz CT molecular complexity index is 339. The molecule has 0 aliphatic rings. The van der Waals surface area contributed by atoms with E-state index in [1.165, 1.54) is 31.4 Å². The molecule has 1 N–H and O–H groups in total. The second kappa shape index (κ2) is 8.69. The van der Waals surface area contributed by atoms with Crippen molar-refractivity contribution in [1.29, 1.82) is 0 Å². The van der Waals surface area contributed by atoms with Crippen LogP contribution in [0.5, 0.6) is 0 Å². The van der Waals surface area contributed by atoms with Crippen molar-refractivity contribution in [2.75, 3.05) is 6.54 Å². The maximum Gasteiger partial charge on any atom is 0.153 e. The third-order valence-corrected chi connectivity index (χ3v) is 4.09. The van der Waals surface area contributed by atoms with Gasteiger partial charge in [-0.15, -0.1) is 5.10 Å². The molecule has 1 rings (SSSR count). The van der Waals surface area contributed by atoms with Gasteiger partial charge < -0.3 is 5.32 Å². The van der Waals surface area contributed by atoms with E-state index in [0.717, 1.165) is 17.6 Å². The van der Waals surface area contributed by atoms with Gasteiger partial charge in [0.15, 0.2) is 4.60 Å². The molecule has 110 valence electrons. The molecule has 0 saturated heterocycles. The fourth-order valence-corrected chi connectivity index (χ4v) is 3.25. The average molecular weight is 331 g/mol. The first-order valence-corrected chi connectivity index (χ1v) is 8.23. The molecule has 0 bridgehead atoms. The summed E-state index contributed by atoms with van der Waals surface area (Å²) in [6.45, 7) is 7.76. The zero-order valence-electron chi connectivity index (χ0n) is 12.6. The highest BCUT2D eigenvalue weighted by Crippen LogP contribution is 2.32. The molecule has 5 heteroatoms. The lowest BCUT2D eigenvalue weighted by molar-refractivity contribution is 0.303. The summed E-state index contributed by atoms with van der Waals surface area (Å²) in [6.07, 6.45) is 6.07. The molecule has 0 saturated carbocycles. The molecule has 0 aliphatic heterocycles. The zero-order valence-corrected chi connectivity index (χ0v) is 14.2. The van der Waals surface area contributed by atoms with E-state index in [9.17, 15) is 0 Å². The largest absolute Gasteiger partial charge is 0.308 e. The Morgan fingerprint density at radius 1 is 1.16 bits per heavy atom. The first-order chi connectivity index (χ1) is 9.15. The molecule has 0 fully saturated rings. The maximum absolute atomic E-state index is 4.14. The predicted molar refractivity (Wildman–Crippen MR) is 83.0 cm³/mol. The molecule has 0 spiro atoms. The lowest BCUT2D eigenvalue weighted by Gasteiger charge is -2.28. The highest BCUT2D eigenvalue weighted by molar-refractivity contribution is 9.10. The number of aromatic nitrogens is 3. The van der Waals surface area contributed by atoms with Crippen molar-refractivity contribution in [3.8, 4) is 0 Å². The monoisotopic (exact) mass is 330 g/mol. The van der Waals surface area contributed by atoms with E-state index < -0.39 is 0 Å². The van der Waals surface area contributed by atoms with Gasteiger partial charge in [-0.1, -0.05) is 38.8 Å². The molecular weight excluding hydrogens is 304 g/mol. The Hall–Kier alpha value is -0.420. The van der Waals surface area contributed by atoms with Gasteiger partial charge in [0.25, 0.3) is 0 Å². The summed E-state index contributed by atoms with van der Waals surface area (Å²) in [5.41, 5.74) is 1.18. The van der Waals surface area contributed by atoms with Crippen molar-refractivity contribution in [3.05, 3.63) is 10.3 Å². The second-order valence-corrected chi connectivity index (χ2v) is 5.91. The number of hydrogen-bond donors (Lipinski definition) is 1. The van der Waals surface area contributed by atoms with Gasteiger partial charge in [-0.2, -0.15) is 0 Å². The van der Waals surface area contributed by atoms with Crippen LogP contribution in [0.2, 0.25) is 0 Å². The van der Waals surface area contributed by atoms with Gasteiger partial charge in [0.1, 0.15) is 0 Å². The lowest BCUT2D eigenvalue weighted by Crippen LogP contribution is -2.31. The minimum Gasteiger partial charge on any atom is -0.308 e. The van der Waals surface area contributed by atoms with Crippen LogP contribution in [0.25, 0.3) is 0 Å². The number of hydrogen-bond acceptors (Lipinski definition) is 3. The van der Waals surface area contributed by atoms with Crippen LogP contribution in [0.1, 0.15) is 64.6 Å². The summed E-state index contributed by atoms with van der Waals surface area (Å²) in [6, 6.07) is 0.342. The van der Waals surface area contributed by atoms with Gasteiger partial charge >= 0.3 is 0 Å². The standard InChI is InChI=1S/C14H27BrN4/c1-5-8-11(9-6-2)12(16-10-7-3)13-14(15)17-18-19(13)4/h11-12,16H,5-10H2,1-4H3. The molecule has 0 amide bonds. The van der Waals surface area contributed by atoms with E-state index in [0.29, 0.717) is 12.0 Å². The first-order valence-electron chi connectivity index (χ1n) is 7.44. The van der Waals surface area contributed by atoms with Crippen LogP contribution in [-0.4, -0.2) is 21.5 Å². The second-order valence-electron chi connectivity index (χ2n) is 5.16. The lowest BCUT2D eigenvalue weighted by atomic mass is 9.88. The van der Waals surface area contributed by atoms with E-state index in [1.807, 2.05) is 11.7 Å². The van der Waals surface area contributed by atoms with Crippen molar-refractivity contribution in [1.82, 2.24) is 20.3 Å². The molecule has 1 atom stereocenters. The topological polar surface area (TPSA) is 42.7 Å². The maximum atomic E-state index is 4.14. The average Bonchev–Trinajstić information content (AvgIpc) is 2.71.